The average Bonchev–Trinajstić information content (AvgIpc) is 2.72. The predicted octanol–water partition coefficient (Wildman–Crippen LogP) is 5.68. The summed E-state index contributed by atoms with van der Waals surface area (Å²) in [5.74, 6) is -1.35. The van der Waals surface area contributed by atoms with Gasteiger partial charge in [0.05, 0.1) is 10.5 Å². The Bertz CT molecular complexity index is 992. The van der Waals surface area contributed by atoms with E-state index < -0.39 is 44.5 Å². The predicted molar refractivity (Wildman–Crippen MR) is 111 cm³/mol. The van der Waals surface area contributed by atoms with E-state index in [1.807, 2.05) is 0 Å². The first-order valence-corrected chi connectivity index (χ1v) is 11.6. The first kappa shape index (κ1) is 25.8. The van der Waals surface area contributed by atoms with Crippen LogP contribution in [0, 0.1) is 5.82 Å². The van der Waals surface area contributed by atoms with Gasteiger partial charge < -0.3 is 5.11 Å². The van der Waals surface area contributed by atoms with Crippen LogP contribution >= 0.6 is 0 Å². The maximum Gasteiger partial charge on any atom is 0.416 e. The normalized spacial score (nSPS) is 13.1. The van der Waals surface area contributed by atoms with Crippen LogP contribution in [0.1, 0.15) is 62.1 Å². The molecular weight excluding hydrogens is 450 g/mol. The van der Waals surface area contributed by atoms with Gasteiger partial charge in [0.15, 0.2) is 0 Å². The van der Waals surface area contributed by atoms with Gasteiger partial charge in [0.1, 0.15) is 5.82 Å². The molecule has 10 heteroatoms. The van der Waals surface area contributed by atoms with Gasteiger partial charge in [-0.05, 0) is 48.7 Å². The van der Waals surface area contributed by atoms with E-state index in [9.17, 15) is 30.8 Å². The van der Waals surface area contributed by atoms with Crippen molar-refractivity contribution < 1.29 is 35.9 Å². The Morgan fingerprint density at radius 3 is 2.22 bits per heavy atom. The molecule has 32 heavy (non-hydrogen) atoms. The molecule has 0 fully saturated rings. The molecule has 0 aliphatic rings. The molecule has 0 aliphatic carbocycles. The Kier molecular flexibility index (Phi) is 9.21. The number of carbonyl (C=O) groups is 1. The SMILES string of the molecule is O=C(O)CCCCCCCC(NS(=O)(=O)c1cccc(C(F)(F)F)c1)c1ccc(F)cc1. The van der Waals surface area contributed by atoms with Gasteiger partial charge in [-0.1, -0.05) is 43.9 Å². The molecule has 0 aliphatic heterocycles. The highest BCUT2D eigenvalue weighted by molar-refractivity contribution is 7.89. The number of carboxylic acids is 1. The van der Waals surface area contributed by atoms with E-state index in [1.165, 1.54) is 24.3 Å². The molecule has 0 radical (unpaired) electrons. The number of unbranched alkanes of at least 4 members (excludes halogenated alkanes) is 4. The maximum atomic E-state index is 13.3. The number of sulfonamides is 1. The summed E-state index contributed by atoms with van der Waals surface area (Å²) in [5.41, 5.74) is -0.576. The van der Waals surface area contributed by atoms with E-state index in [4.69, 9.17) is 5.11 Å². The van der Waals surface area contributed by atoms with E-state index in [2.05, 4.69) is 4.72 Å². The summed E-state index contributed by atoms with van der Waals surface area (Å²) >= 11 is 0. The van der Waals surface area contributed by atoms with Crippen LogP contribution in [0.5, 0.6) is 0 Å². The van der Waals surface area contributed by atoms with Crippen molar-refractivity contribution in [2.75, 3.05) is 0 Å². The molecule has 1 unspecified atom stereocenters. The molecule has 2 aromatic carbocycles. The quantitative estimate of drug-likeness (QED) is 0.306. The van der Waals surface area contributed by atoms with E-state index in [1.54, 1.807) is 0 Å². The van der Waals surface area contributed by atoms with Gasteiger partial charge in [-0.25, -0.2) is 17.5 Å². The second-order valence-electron chi connectivity index (χ2n) is 7.45. The van der Waals surface area contributed by atoms with E-state index in [0.29, 0.717) is 30.9 Å². The Balaban J connectivity index is 2.10. The van der Waals surface area contributed by atoms with Gasteiger partial charge >= 0.3 is 12.1 Å². The van der Waals surface area contributed by atoms with Gasteiger partial charge in [0.25, 0.3) is 0 Å². The van der Waals surface area contributed by atoms with Crippen LogP contribution in [-0.2, 0) is 21.0 Å². The standard InChI is InChI=1S/C22H25F4NO4S/c23-18-13-11-16(12-14-18)20(9-4-2-1-3-5-10-21(28)29)27-32(30,31)19-8-6-7-17(15-19)22(24,25)26/h6-8,11-15,20,27H,1-5,9-10H2,(H,28,29). The Hall–Kier alpha value is -2.46. The number of hydrogen-bond donors (Lipinski definition) is 2. The molecule has 0 saturated heterocycles. The van der Waals surface area contributed by atoms with E-state index in [0.717, 1.165) is 37.5 Å². The summed E-state index contributed by atoms with van der Waals surface area (Å²) in [4.78, 5) is 10.0. The number of nitrogens with one attached hydrogen (secondary N) is 1. The van der Waals surface area contributed by atoms with Crippen LogP contribution < -0.4 is 4.72 Å². The third-order valence-corrected chi connectivity index (χ3v) is 6.39. The summed E-state index contributed by atoms with van der Waals surface area (Å²) in [6, 6.07) is 7.97. The molecule has 0 heterocycles. The van der Waals surface area contributed by atoms with Gasteiger partial charge in [0.2, 0.25) is 10.0 Å². The summed E-state index contributed by atoms with van der Waals surface area (Å²) in [5, 5.41) is 8.64. The van der Waals surface area contributed by atoms with E-state index >= 15 is 0 Å². The highest BCUT2D eigenvalue weighted by atomic mass is 32.2. The molecule has 2 rings (SSSR count). The van der Waals surface area contributed by atoms with Crippen LogP contribution in [0.25, 0.3) is 0 Å². The number of halogens is 4. The third-order valence-electron chi connectivity index (χ3n) is 4.92. The van der Waals surface area contributed by atoms with E-state index in [-0.39, 0.29) is 6.42 Å². The Labute approximate surface area is 184 Å². The maximum absolute atomic E-state index is 13.3. The molecule has 2 aromatic rings. The second-order valence-corrected chi connectivity index (χ2v) is 9.17. The molecule has 0 spiro atoms. The Morgan fingerprint density at radius 2 is 1.59 bits per heavy atom. The van der Waals surface area contributed by atoms with Crippen molar-refractivity contribution in [1.29, 1.82) is 0 Å². The lowest BCUT2D eigenvalue weighted by atomic mass is 10.0. The highest BCUT2D eigenvalue weighted by Crippen LogP contribution is 2.31. The lowest BCUT2D eigenvalue weighted by Gasteiger charge is -2.20. The van der Waals surface area contributed by atoms with Crippen molar-refractivity contribution in [2.24, 2.45) is 0 Å². The monoisotopic (exact) mass is 475 g/mol. The first-order chi connectivity index (χ1) is 15.0. The number of aliphatic carboxylic acids is 1. The number of alkyl halides is 3. The zero-order chi connectivity index (χ0) is 23.8. The lowest BCUT2D eigenvalue weighted by Crippen LogP contribution is -2.29. The average molecular weight is 476 g/mol. The smallest absolute Gasteiger partial charge is 0.416 e. The van der Waals surface area contributed by atoms with Crippen molar-refractivity contribution in [2.45, 2.75) is 62.1 Å². The van der Waals surface area contributed by atoms with Crippen LogP contribution in [0.4, 0.5) is 17.6 Å². The van der Waals surface area contributed by atoms with Crippen molar-refractivity contribution in [3.05, 3.63) is 65.5 Å². The van der Waals surface area contributed by atoms with Crippen LogP contribution in [0.15, 0.2) is 53.4 Å². The fourth-order valence-electron chi connectivity index (χ4n) is 3.24. The molecule has 5 nitrogen and oxygen atoms in total. The topological polar surface area (TPSA) is 83.5 Å². The minimum absolute atomic E-state index is 0.0923. The molecule has 0 amide bonds. The van der Waals surface area contributed by atoms with Crippen molar-refractivity contribution in [3.8, 4) is 0 Å². The second kappa shape index (κ2) is 11.4. The minimum atomic E-state index is -4.68. The summed E-state index contributed by atoms with van der Waals surface area (Å²) in [7, 11) is -4.27. The summed E-state index contributed by atoms with van der Waals surface area (Å²) in [6.45, 7) is 0. The van der Waals surface area contributed by atoms with Crippen LogP contribution in [0.3, 0.4) is 0 Å². The van der Waals surface area contributed by atoms with Crippen molar-refractivity contribution in [1.82, 2.24) is 4.72 Å². The summed E-state index contributed by atoms with van der Waals surface area (Å²) in [6.07, 6.45) is -0.866. The lowest BCUT2D eigenvalue weighted by molar-refractivity contribution is -0.138. The molecular formula is C22H25F4NO4S. The van der Waals surface area contributed by atoms with Crippen LogP contribution in [-0.4, -0.2) is 19.5 Å². The fraction of sp³-hybridized carbons (Fsp3) is 0.409. The van der Waals surface area contributed by atoms with Crippen molar-refractivity contribution in [3.63, 3.8) is 0 Å². The molecule has 0 aromatic heterocycles. The fourth-order valence-corrected chi connectivity index (χ4v) is 4.54. The molecule has 1 atom stereocenters. The zero-order valence-corrected chi connectivity index (χ0v) is 18.1. The number of rotatable bonds is 12. The van der Waals surface area contributed by atoms with Gasteiger partial charge in [0, 0.05) is 12.5 Å². The number of carboxylic acid groups (broad SMARTS) is 1. The molecule has 0 saturated carbocycles. The molecule has 176 valence electrons. The minimum Gasteiger partial charge on any atom is -0.481 e. The van der Waals surface area contributed by atoms with Crippen LogP contribution in [0.2, 0.25) is 0 Å². The zero-order valence-electron chi connectivity index (χ0n) is 17.2. The molecule has 2 N–H and O–H groups in total. The first-order valence-electron chi connectivity index (χ1n) is 10.2. The van der Waals surface area contributed by atoms with Crippen molar-refractivity contribution >= 4 is 16.0 Å². The third kappa shape index (κ3) is 8.23. The Morgan fingerprint density at radius 1 is 0.969 bits per heavy atom. The number of benzene rings is 2. The largest absolute Gasteiger partial charge is 0.481 e. The van der Waals surface area contributed by atoms with Gasteiger partial charge in [-0.15, -0.1) is 0 Å². The van der Waals surface area contributed by atoms with Gasteiger partial charge in [-0.3, -0.25) is 4.79 Å². The molecule has 0 bridgehead atoms. The number of hydrogen-bond acceptors (Lipinski definition) is 3. The highest BCUT2D eigenvalue weighted by Gasteiger charge is 2.32. The van der Waals surface area contributed by atoms with Gasteiger partial charge in [-0.2, -0.15) is 13.2 Å². The summed E-state index contributed by atoms with van der Waals surface area (Å²) < 4.78 is 80.3.